The van der Waals surface area contributed by atoms with Crippen LogP contribution >= 0.6 is 11.3 Å². The van der Waals surface area contributed by atoms with Gasteiger partial charge in [-0.1, -0.05) is 19.4 Å². The highest BCUT2D eigenvalue weighted by molar-refractivity contribution is 7.10. The summed E-state index contributed by atoms with van der Waals surface area (Å²) in [5.41, 5.74) is 0. The average Bonchev–Trinajstić information content (AvgIpc) is 2.97. The number of likely N-dealkylation sites (N-methyl/N-ethyl adjacent to an activating group) is 1. The third-order valence-corrected chi connectivity index (χ3v) is 4.96. The molecule has 1 saturated heterocycles. The molecule has 1 fully saturated rings. The van der Waals surface area contributed by atoms with Crippen molar-refractivity contribution in [3.05, 3.63) is 22.4 Å². The number of nitrogens with one attached hydrogen (secondary N) is 1. The average molecular weight is 238 g/mol. The number of hydrogen-bond donors (Lipinski definition) is 1. The first-order valence-electron chi connectivity index (χ1n) is 6.20. The van der Waals surface area contributed by atoms with Crippen LogP contribution in [0, 0.1) is 5.92 Å². The molecule has 90 valence electrons. The molecule has 1 N–H and O–H groups in total. The number of hydrogen-bond acceptors (Lipinski definition) is 3. The summed E-state index contributed by atoms with van der Waals surface area (Å²) in [4.78, 5) is 4.02. The molecular weight excluding hydrogens is 216 g/mol. The molecule has 0 bridgehead atoms. The predicted octanol–water partition coefficient (Wildman–Crippen LogP) is 2.74. The van der Waals surface area contributed by atoms with E-state index in [1.165, 1.54) is 17.8 Å². The van der Waals surface area contributed by atoms with E-state index in [-0.39, 0.29) is 0 Å². The Kier molecular flexibility index (Phi) is 4.00. The van der Waals surface area contributed by atoms with Crippen molar-refractivity contribution in [3.63, 3.8) is 0 Å². The van der Waals surface area contributed by atoms with Crippen molar-refractivity contribution in [1.82, 2.24) is 10.2 Å². The van der Waals surface area contributed by atoms with Crippen LogP contribution in [0.4, 0.5) is 0 Å². The highest BCUT2D eigenvalue weighted by Crippen LogP contribution is 2.29. The fourth-order valence-corrected chi connectivity index (χ4v) is 3.46. The molecule has 2 nitrogen and oxygen atoms in total. The van der Waals surface area contributed by atoms with E-state index >= 15 is 0 Å². The molecule has 3 heteroatoms. The Morgan fingerprint density at radius 1 is 1.56 bits per heavy atom. The van der Waals surface area contributed by atoms with E-state index in [0.717, 1.165) is 12.5 Å². The van der Waals surface area contributed by atoms with Crippen molar-refractivity contribution in [2.75, 3.05) is 20.1 Å². The smallest absolute Gasteiger partial charge is 0.0413 e. The van der Waals surface area contributed by atoms with E-state index in [9.17, 15) is 0 Å². The minimum absolute atomic E-state index is 0.541. The molecule has 2 heterocycles. The van der Waals surface area contributed by atoms with Crippen LogP contribution in [0.25, 0.3) is 0 Å². The maximum absolute atomic E-state index is 3.52. The first kappa shape index (κ1) is 12.1. The van der Waals surface area contributed by atoms with Gasteiger partial charge in [0.05, 0.1) is 0 Å². The predicted molar refractivity (Wildman–Crippen MR) is 70.9 cm³/mol. The van der Waals surface area contributed by atoms with Crippen LogP contribution in [0.1, 0.15) is 31.2 Å². The third kappa shape index (κ3) is 2.31. The van der Waals surface area contributed by atoms with Gasteiger partial charge in [0.15, 0.2) is 0 Å². The molecule has 0 spiro atoms. The standard InChI is InChI=1S/C13H22N2S/c1-4-11-8-14-9-12(11)15(3)10(2)13-6-5-7-16-13/h5-7,10-12,14H,4,8-9H2,1-3H3. The van der Waals surface area contributed by atoms with Crippen molar-refractivity contribution in [3.8, 4) is 0 Å². The summed E-state index contributed by atoms with van der Waals surface area (Å²) < 4.78 is 0. The SMILES string of the molecule is CCC1CNCC1N(C)C(C)c1cccs1. The summed E-state index contributed by atoms with van der Waals surface area (Å²) in [5.74, 6) is 0.812. The van der Waals surface area contributed by atoms with Gasteiger partial charge in [-0.15, -0.1) is 11.3 Å². The first-order chi connectivity index (χ1) is 7.74. The van der Waals surface area contributed by atoms with Crippen LogP contribution in [-0.4, -0.2) is 31.1 Å². The maximum Gasteiger partial charge on any atom is 0.0413 e. The lowest BCUT2D eigenvalue weighted by molar-refractivity contribution is 0.161. The van der Waals surface area contributed by atoms with E-state index in [4.69, 9.17) is 0 Å². The van der Waals surface area contributed by atoms with Crippen molar-refractivity contribution in [2.24, 2.45) is 5.92 Å². The molecule has 0 saturated carbocycles. The molecule has 3 atom stereocenters. The molecule has 0 radical (unpaired) electrons. The van der Waals surface area contributed by atoms with E-state index < -0.39 is 0 Å². The molecule has 1 aliphatic rings. The van der Waals surface area contributed by atoms with Gasteiger partial charge in [-0.25, -0.2) is 0 Å². The van der Waals surface area contributed by atoms with Crippen LogP contribution in [-0.2, 0) is 0 Å². The summed E-state index contributed by atoms with van der Waals surface area (Å²) in [5, 5.41) is 5.69. The highest BCUT2D eigenvalue weighted by atomic mass is 32.1. The monoisotopic (exact) mass is 238 g/mol. The van der Waals surface area contributed by atoms with Crippen LogP contribution in [0.15, 0.2) is 17.5 Å². The van der Waals surface area contributed by atoms with Gasteiger partial charge >= 0.3 is 0 Å². The fraction of sp³-hybridized carbons (Fsp3) is 0.692. The highest BCUT2D eigenvalue weighted by Gasteiger charge is 2.31. The van der Waals surface area contributed by atoms with Crippen molar-refractivity contribution in [2.45, 2.75) is 32.4 Å². The van der Waals surface area contributed by atoms with Crippen molar-refractivity contribution >= 4 is 11.3 Å². The molecule has 0 aliphatic carbocycles. The Balaban J connectivity index is 2.04. The molecule has 1 aromatic rings. The zero-order chi connectivity index (χ0) is 11.5. The summed E-state index contributed by atoms with van der Waals surface area (Å²) in [6, 6.07) is 5.63. The normalized spacial score (nSPS) is 27.5. The molecule has 1 aromatic heterocycles. The topological polar surface area (TPSA) is 15.3 Å². The lowest BCUT2D eigenvalue weighted by Crippen LogP contribution is -2.39. The third-order valence-electron chi connectivity index (χ3n) is 3.92. The molecule has 1 aliphatic heterocycles. The van der Waals surface area contributed by atoms with Crippen LogP contribution < -0.4 is 5.32 Å². The second-order valence-electron chi connectivity index (χ2n) is 4.75. The minimum Gasteiger partial charge on any atom is -0.315 e. The Labute approximate surface area is 103 Å². The summed E-state index contributed by atoms with van der Waals surface area (Å²) in [7, 11) is 2.27. The molecule has 0 aromatic carbocycles. The lowest BCUT2D eigenvalue weighted by atomic mass is 9.98. The van der Waals surface area contributed by atoms with E-state index in [1.54, 1.807) is 0 Å². The Bertz CT molecular complexity index is 310. The Morgan fingerprint density at radius 2 is 2.38 bits per heavy atom. The maximum atomic E-state index is 3.52. The van der Waals surface area contributed by atoms with Crippen molar-refractivity contribution in [1.29, 1.82) is 0 Å². The first-order valence-corrected chi connectivity index (χ1v) is 7.08. The van der Waals surface area contributed by atoms with Gasteiger partial charge in [0.2, 0.25) is 0 Å². The van der Waals surface area contributed by atoms with Gasteiger partial charge < -0.3 is 5.32 Å². The van der Waals surface area contributed by atoms with E-state index in [1.807, 2.05) is 11.3 Å². The van der Waals surface area contributed by atoms with E-state index in [2.05, 4.69) is 48.6 Å². The van der Waals surface area contributed by atoms with Gasteiger partial charge in [0, 0.05) is 23.5 Å². The van der Waals surface area contributed by atoms with Gasteiger partial charge in [-0.2, -0.15) is 0 Å². The Hall–Kier alpha value is -0.380. The van der Waals surface area contributed by atoms with Gasteiger partial charge in [-0.05, 0) is 37.9 Å². The number of nitrogens with zero attached hydrogens (tertiary/aromatic N) is 1. The summed E-state index contributed by atoms with van der Waals surface area (Å²) >= 11 is 1.86. The molecular formula is C13H22N2S. The molecule has 0 amide bonds. The van der Waals surface area contributed by atoms with Gasteiger partial charge in [0.1, 0.15) is 0 Å². The summed E-state index contributed by atoms with van der Waals surface area (Å²) in [6.07, 6.45) is 1.28. The van der Waals surface area contributed by atoms with Gasteiger partial charge in [-0.3, -0.25) is 4.90 Å². The molecule has 16 heavy (non-hydrogen) atoms. The van der Waals surface area contributed by atoms with Gasteiger partial charge in [0.25, 0.3) is 0 Å². The Morgan fingerprint density at radius 3 is 3.00 bits per heavy atom. The lowest BCUT2D eigenvalue weighted by Gasteiger charge is -2.33. The van der Waals surface area contributed by atoms with Crippen LogP contribution in [0.2, 0.25) is 0 Å². The second kappa shape index (κ2) is 5.30. The molecule has 2 rings (SSSR count). The molecule has 3 unspecified atom stereocenters. The van der Waals surface area contributed by atoms with Crippen LogP contribution in [0.3, 0.4) is 0 Å². The second-order valence-corrected chi connectivity index (χ2v) is 5.73. The fourth-order valence-electron chi connectivity index (χ4n) is 2.63. The minimum atomic E-state index is 0.541. The largest absolute Gasteiger partial charge is 0.315 e. The zero-order valence-corrected chi connectivity index (χ0v) is 11.3. The zero-order valence-electron chi connectivity index (χ0n) is 10.4. The van der Waals surface area contributed by atoms with Crippen LogP contribution in [0.5, 0.6) is 0 Å². The number of thiophene rings is 1. The van der Waals surface area contributed by atoms with E-state index in [0.29, 0.717) is 12.1 Å². The quantitative estimate of drug-likeness (QED) is 0.867. The number of rotatable bonds is 4. The van der Waals surface area contributed by atoms with Crippen molar-refractivity contribution < 1.29 is 0 Å². The summed E-state index contributed by atoms with van der Waals surface area (Å²) in [6.45, 7) is 6.94.